The monoisotopic (exact) mass is 332 g/mol. The third-order valence-electron chi connectivity index (χ3n) is 7.45. The van der Waals surface area contributed by atoms with Crippen molar-refractivity contribution in [3.05, 3.63) is 34.9 Å². The summed E-state index contributed by atoms with van der Waals surface area (Å²) in [5.74, 6) is 1.80. The van der Waals surface area contributed by atoms with Crippen LogP contribution in [0, 0.1) is 28.6 Å². The SMILES string of the molecule is C[C@]12C=CC(=O)C=C1CC[C@@H]1[C@@H]2CC[C@]2(C)C(O)C(Cl)=CC[C@@H]12. The van der Waals surface area contributed by atoms with Gasteiger partial charge in [0.2, 0.25) is 0 Å². The zero-order valence-electron chi connectivity index (χ0n) is 13.9. The second-order valence-corrected chi connectivity index (χ2v) is 8.81. The summed E-state index contributed by atoms with van der Waals surface area (Å²) in [4.78, 5) is 11.8. The van der Waals surface area contributed by atoms with E-state index >= 15 is 0 Å². The van der Waals surface area contributed by atoms with Crippen molar-refractivity contribution in [1.29, 1.82) is 0 Å². The first-order valence-electron chi connectivity index (χ1n) is 8.84. The molecule has 2 fully saturated rings. The van der Waals surface area contributed by atoms with Gasteiger partial charge in [-0.15, -0.1) is 0 Å². The van der Waals surface area contributed by atoms with Crippen molar-refractivity contribution in [3.63, 3.8) is 0 Å². The van der Waals surface area contributed by atoms with Gasteiger partial charge in [-0.25, -0.2) is 0 Å². The minimum Gasteiger partial charge on any atom is -0.387 e. The zero-order valence-corrected chi connectivity index (χ0v) is 14.6. The van der Waals surface area contributed by atoms with E-state index in [1.165, 1.54) is 5.57 Å². The fraction of sp³-hybridized carbons (Fsp3) is 0.650. The number of carbonyl (C=O) groups excluding carboxylic acids is 1. The number of aliphatic hydroxyl groups is 1. The summed E-state index contributed by atoms with van der Waals surface area (Å²) in [6.45, 7) is 4.53. The lowest BCUT2D eigenvalue weighted by molar-refractivity contribution is -0.111. The molecule has 0 aromatic heterocycles. The first-order valence-corrected chi connectivity index (χ1v) is 9.22. The Kier molecular flexibility index (Phi) is 3.45. The molecule has 2 nitrogen and oxygen atoms in total. The molecule has 0 aromatic carbocycles. The molecule has 6 atom stereocenters. The maximum Gasteiger partial charge on any atom is 0.178 e. The zero-order chi connectivity index (χ0) is 16.4. The van der Waals surface area contributed by atoms with Gasteiger partial charge in [-0.05, 0) is 62.0 Å². The lowest BCUT2D eigenvalue weighted by Crippen LogP contribution is -2.54. The number of allylic oxidation sites excluding steroid dienone is 5. The van der Waals surface area contributed by atoms with Gasteiger partial charge in [0.25, 0.3) is 0 Å². The number of hydrogen-bond acceptors (Lipinski definition) is 2. The molecular formula is C20H25ClO2. The Hall–Kier alpha value is -0.860. The lowest BCUT2D eigenvalue weighted by atomic mass is 9.46. The maximum atomic E-state index is 11.8. The first-order chi connectivity index (χ1) is 10.9. The Morgan fingerprint density at radius 1 is 1.26 bits per heavy atom. The highest BCUT2D eigenvalue weighted by Crippen LogP contribution is 2.63. The Morgan fingerprint density at radius 2 is 2.04 bits per heavy atom. The van der Waals surface area contributed by atoms with Crippen LogP contribution < -0.4 is 0 Å². The van der Waals surface area contributed by atoms with Crippen LogP contribution in [-0.4, -0.2) is 17.0 Å². The van der Waals surface area contributed by atoms with Crippen molar-refractivity contribution in [2.75, 3.05) is 0 Å². The van der Waals surface area contributed by atoms with Crippen LogP contribution >= 0.6 is 11.6 Å². The quantitative estimate of drug-likeness (QED) is 0.714. The standard InChI is InChI=1S/C20H25ClO2/c1-19-9-7-13(22)11-12(19)3-4-14-15-5-6-17(21)18(23)20(15,2)10-8-16(14)19/h6-7,9,11,14-16,18,23H,3-5,8,10H2,1-2H3/t14-,15-,16-,18?,19-,20-/m0/s1. The number of carbonyl (C=O) groups is 1. The number of rotatable bonds is 0. The molecule has 0 aliphatic heterocycles. The Morgan fingerprint density at radius 3 is 2.83 bits per heavy atom. The van der Waals surface area contributed by atoms with Crippen LogP contribution in [0.1, 0.15) is 46.0 Å². The summed E-state index contributed by atoms with van der Waals surface area (Å²) in [7, 11) is 0. The molecule has 1 unspecified atom stereocenters. The maximum absolute atomic E-state index is 11.8. The largest absolute Gasteiger partial charge is 0.387 e. The molecule has 4 rings (SSSR count). The van der Waals surface area contributed by atoms with Crippen molar-refractivity contribution >= 4 is 17.4 Å². The van der Waals surface area contributed by atoms with Crippen molar-refractivity contribution in [2.24, 2.45) is 28.6 Å². The van der Waals surface area contributed by atoms with E-state index in [2.05, 4.69) is 19.9 Å². The third-order valence-corrected chi connectivity index (χ3v) is 7.81. The summed E-state index contributed by atoms with van der Waals surface area (Å²) >= 11 is 6.26. The van der Waals surface area contributed by atoms with E-state index in [0.717, 1.165) is 32.1 Å². The van der Waals surface area contributed by atoms with Crippen LogP contribution in [0.25, 0.3) is 0 Å². The lowest BCUT2D eigenvalue weighted by Gasteiger charge is -2.59. The Bertz CT molecular complexity index is 646. The molecule has 0 bridgehead atoms. The topological polar surface area (TPSA) is 37.3 Å². The number of ketones is 1. The highest BCUT2D eigenvalue weighted by Gasteiger charge is 2.57. The van der Waals surface area contributed by atoms with Gasteiger partial charge >= 0.3 is 0 Å². The fourth-order valence-electron chi connectivity index (χ4n) is 6.00. The van der Waals surface area contributed by atoms with E-state index in [4.69, 9.17) is 11.6 Å². The number of aliphatic hydroxyl groups excluding tert-OH is 1. The van der Waals surface area contributed by atoms with Crippen molar-refractivity contribution in [3.8, 4) is 0 Å². The van der Waals surface area contributed by atoms with Gasteiger partial charge in [-0.1, -0.05) is 43.2 Å². The Labute approximate surface area is 143 Å². The van der Waals surface area contributed by atoms with Crippen molar-refractivity contribution < 1.29 is 9.90 Å². The summed E-state index contributed by atoms with van der Waals surface area (Å²) in [5.41, 5.74) is 1.24. The molecule has 0 saturated heterocycles. The molecule has 1 N–H and O–H groups in total. The number of hydrogen-bond donors (Lipinski definition) is 1. The van der Waals surface area contributed by atoms with Gasteiger partial charge in [0.15, 0.2) is 5.78 Å². The number of fused-ring (bicyclic) bond motifs is 5. The van der Waals surface area contributed by atoms with E-state index in [1.54, 1.807) is 6.08 Å². The van der Waals surface area contributed by atoms with Crippen LogP contribution in [-0.2, 0) is 4.79 Å². The predicted molar refractivity (Wildman–Crippen MR) is 91.9 cm³/mol. The molecule has 0 amide bonds. The van der Waals surface area contributed by atoms with Crippen LogP contribution in [0.3, 0.4) is 0 Å². The van der Waals surface area contributed by atoms with Gasteiger partial charge in [0.1, 0.15) is 0 Å². The minimum atomic E-state index is -0.517. The second kappa shape index (κ2) is 5.07. The van der Waals surface area contributed by atoms with Crippen molar-refractivity contribution in [1.82, 2.24) is 0 Å². The molecule has 2 saturated carbocycles. The average Bonchev–Trinajstić information content (AvgIpc) is 2.52. The molecule has 0 spiro atoms. The van der Waals surface area contributed by atoms with E-state index in [0.29, 0.717) is 22.8 Å². The molecular weight excluding hydrogens is 308 g/mol. The van der Waals surface area contributed by atoms with E-state index in [-0.39, 0.29) is 16.6 Å². The average molecular weight is 333 g/mol. The van der Waals surface area contributed by atoms with Crippen LogP contribution in [0.4, 0.5) is 0 Å². The van der Waals surface area contributed by atoms with Gasteiger partial charge in [-0.3, -0.25) is 4.79 Å². The summed E-state index contributed by atoms with van der Waals surface area (Å²) in [5, 5.41) is 11.3. The van der Waals surface area contributed by atoms with Gasteiger partial charge < -0.3 is 5.11 Å². The van der Waals surface area contributed by atoms with Crippen LogP contribution in [0.5, 0.6) is 0 Å². The minimum absolute atomic E-state index is 0.0219. The fourth-order valence-corrected chi connectivity index (χ4v) is 6.33. The van der Waals surface area contributed by atoms with E-state index in [1.807, 2.05) is 12.2 Å². The highest BCUT2D eigenvalue weighted by molar-refractivity contribution is 6.30. The Balaban J connectivity index is 1.72. The normalized spacial score (nSPS) is 48.8. The van der Waals surface area contributed by atoms with Crippen LogP contribution in [0.15, 0.2) is 34.9 Å². The van der Waals surface area contributed by atoms with E-state index < -0.39 is 6.10 Å². The second-order valence-electron chi connectivity index (χ2n) is 8.38. The molecule has 0 radical (unpaired) electrons. The van der Waals surface area contributed by atoms with Gasteiger partial charge in [0, 0.05) is 15.9 Å². The highest BCUT2D eigenvalue weighted by atomic mass is 35.5. The van der Waals surface area contributed by atoms with Crippen LogP contribution in [0.2, 0.25) is 0 Å². The smallest absolute Gasteiger partial charge is 0.178 e. The number of halogens is 1. The molecule has 23 heavy (non-hydrogen) atoms. The molecule has 0 heterocycles. The predicted octanol–water partition coefficient (Wildman–Crippen LogP) is 4.39. The van der Waals surface area contributed by atoms with E-state index in [9.17, 15) is 9.90 Å². The van der Waals surface area contributed by atoms with Crippen molar-refractivity contribution in [2.45, 2.75) is 52.1 Å². The molecule has 0 aromatic rings. The van der Waals surface area contributed by atoms with Gasteiger partial charge in [-0.2, -0.15) is 0 Å². The molecule has 4 aliphatic carbocycles. The summed E-state index contributed by atoms with van der Waals surface area (Å²) < 4.78 is 0. The third kappa shape index (κ3) is 2.07. The molecule has 124 valence electrons. The first kappa shape index (κ1) is 15.7. The summed E-state index contributed by atoms with van der Waals surface area (Å²) in [6.07, 6.45) is 12.5. The summed E-state index contributed by atoms with van der Waals surface area (Å²) in [6, 6.07) is 0. The molecule has 3 heteroatoms. The van der Waals surface area contributed by atoms with Gasteiger partial charge in [0.05, 0.1) is 6.10 Å². The molecule has 4 aliphatic rings.